The highest BCUT2D eigenvalue weighted by molar-refractivity contribution is 6.01. The second-order valence-corrected chi connectivity index (χ2v) is 4.77. The lowest BCUT2D eigenvalue weighted by molar-refractivity contribution is -0.197. The first-order chi connectivity index (χ1) is 10.0. The lowest BCUT2D eigenvalue weighted by Gasteiger charge is -2.12. The van der Waals surface area contributed by atoms with Gasteiger partial charge in [-0.3, -0.25) is 9.59 Å². The quantitative estimate of drug-likeness (QED) is 0.414. The van der Waals surface area contributed by atoms with Crippen molar-refractivity contribution in [2.75, 3.05) is 19.8 Å². The first-order valence-electron chi connectivity index (χ1n) is 6.98. The van der Waals surface area contributed by atoms with Crippen molar-refractivity contribution in [1.82, 2.24) is 5.06 Å². The summed E-state index contributed by atoms with van der Waals surface area (Å²) in [6.07, 6.45) is 1.40. The van der Waals surface area contributed by atoms with Gasteiger partial charge in [0.05, 0.1) is 13.2 Å². The molecule has 1 heterocycles. The predicted octanol–water partition coefficient (Wildman–Crippen LogP) is -0.476. The largest absolute Gasteiger partial charge is 0.394 e. The van der Waals surface area contributed by atoms with Gasteiger partial charge in [0, 0.05) is 25.9 Å². The molecule has 0 saturated carbocycles. The van der Waals surface area contributed by atoms with Crippen LogP contribution in [0.15, 0.2) is 0 Å². The summed E-state index contributed by atoms with van der Waals surface area (Å²) >= 11 is 0. The number of nitrogens with zero attached hydrogens (tertiary/aromatic N) is 1. The van der Waals surface area contributed by atoms with Gasteiger partial charge in [-0.2, -0.15) is 0 Å². The van der Waals surface area contributed by atoms with Gasteiger partial charge in [-0.25, -0.2) is 4.79 Å². The van der Waals surface area contributed by atoms with Gasteiger partial charge in [-0.1, -0.05) is 6.42 Å². The van der Waals surface area contributed by atoms with E-state index in [2.05, 4.69) is 0 Å². The Morgan fingerprint density at radius 3 is 2.48 bits per heavy atom. The molecule has 1 aliphatic rings. The number of aliphatic hydroxyl groups excluding tert-OH is 2. The Bertz CT molecular complexity index is 356. The SMILES string of the molecule is O=C(CCCCCOCC(O)CO)ON1C(=O)CCC1=O. The maximum atomic E-state index is 11.4. The van der Waals surface area contributed by atoms with Crippen molar-refractivity contribution in [1.29, 1.82) is 0 Å². The smallest absolute Gasteiger partial charge is 0.333 e. The van der Waals surface area contributed by atoms with Gasteiger partial charge in [0.25, 0.3) is 11.8 Å². The minimum absolute atomic E-state index is 0.0811. The highest BCUT2D eigenvalue weighted by Gasteiger charge is 2.32. The summed E-state index contributed by atoms with van der Waals surface area (Å²) in [5.74, 6) is -1.57. The van der Waals surface area contributed by atoms with E-state index in [-0.39, 0.29) is 32.5 Å². The number of carbonyl (C=O) groups excluding carboxylic acids is 3. The summed E-state index contributed by atoms with van der Waals surface area (Å²) in [4.78, 5) is 38.6. The second-order valence-electron chi connectivity index (χ2n) is 4.77. The van der Waals surface area contributed by atoms with Crippen LogP contribution in [0.1, 0.15) is 38.5 Å². The molecule has 0 bridgehead atoms. The third kappa shape index (κ3) is 6.65. The monoisotopic (exact) mass is 303 g/mol. The van der Waals surface area contributed by atoms with E-state index in [1.165, 1.54) is 0 Å². The number of rotatable bonds is 10. The third-order valence-electron chi connectivity index (χ3n) is 2.89. The van der Waals surface area contributed by atoms with Crippen molar-refractivity contribution >= 4 is 17.8 Å². The van der Waals surface area contributed by atoms with Crippen LogP contribution >= 0.6 is 0 Å². The van der Waals surface area contributed by atoms with Crippen molar-refractivity contribution in [3.63, 3.8) is 0 Å². The molecule has 0 spiro atoms. The minimum Gasteiger partial charge on any atom is -0.394 e. The number of unbranched alkanes of at least 4 members (excludes halogenated alkanes) is 2. The molecule has 1 rings (SSSR count). The molecular weight excluding hydrogens is 282 g/mol. The van der Waals surface area contributed by atoms with Crippen LogP contribution < -0.4 is 0 Å². The lowest BCUT2D eigenvalue weighted by Crippen LogP contribution is -2.31. The van der Waals surface area contributed by atoms with E-state index in [9.17, 15) is 14.4 Å². The topological polar surface area (TPSA) is 113 Å². The number of aliphatic hydroxyl groups is 2. The number of hydroxylamine groups is 2. The van der Waals surface area contributed by atoms with Gasteiger partial charge >= 0.3 is 5.97 Å². The van der Waals surface area contributed by atoms with Crippen molar-refractivity contribution in [3.8, 4) is 0 Å². The van der Waals surface area contributed by atoms with Crippen LogP contribution in [0.25, 0.3) is 0 Å². The number of imide groups is 1. The summed E-state index contributed by atoms with van der Waals surface area (Å²) in [5.41, 5.74) is 0. The molecule has 8 heteroatoms. The predicted molar refractivity (Wildman–Crippen MR) is 69.6 cm³/mol. The number of hydrogen-bond donors (Lipinski definition) is 2. The van der Waals surface area contributed by atoms with Gasteiger partial charge < -0.3 is 19.8 Å². The Hall–Kier alpha value is -1.51. The van der Waals surface area contributed by atoms with E-state index in [0.29, 0.717) is 30.9 Å². The van der Waals surface area contributed by atoms with E-state index in [1.807, 2.05) is 0 Å². The molecule has 1 aliphatic heterocycles. The van der Waals surface area contributed by atoms with Crippen LogP contribution in [0.3, 0.4) is 0 Å². The Kier molecular flexibility index (Phi) is 7.88. The van der Waals surface area contributed by atoms with E-state index in [1.54, 1.807) is 0 Å². The van der Waals surface area contributed by atoms with Crippen molar-refractivity contribution in [3.05, 3.63) is 0 Å². The average molecular weight is 303 g/mol. The highest BCUT2D eigenvalue weighted by atomic mass is 16.7. The molecule has 2 amide bonds. The van der Waals surface area contributed by atoms with E-state index >= 15 is 0 Å². The van der Waals surface area contributed by atoms with Crippen LogP contribution in [0.2, 0.25) is 0 Å². The van der Waals surface area contributed by atoms with Gasteiger partial charge in [0.1, 0.15) is 6.10 Å². The van der Waals surface area contributed by atoms with Crippen molar-refractivity contribution < 1.29 is 34.2 Å². The van der Waals surface area contributed by atoms with Crippen LogP contribution in [0.5, 0.6) is 0 Å². The molecule has 1 unspecified atom stereocenters. The molecule has 0 radical (unpaired) electrons. The fraction of sp³-hybridized carbons (Fsp3) is 0.769. The average Bonchev–Trinajstić information content (AvgIpc) is 2.77. The Balaban J connectivity index is 2.01. The van der Waals surface area contributed by atoms with Crippen molar-refractivity contribution in [2.24, 2.45) is 0 Å². The van der Waals surface area contributed by atoms with Crippen LogP contribution in [-0.4, -0.2) is 59.0 Å². The molecule has 8 nitrogen and oxygen atoms in total. The molecule has 1 atom stereocenters. The lowest BCUT2D eigenvalue weighted by atomic mass is 10.2. The van der Waals surface area contributed by atoms with E-state index in [4.69, 9.17) is 19.8 Å². The number of carbonyl (C=O) groups is 3. The van der Waals surface area contributed by atoms with E-state index in [0.717, 1.165) is 0 Å². The van der Waals surface area contributed by atoms with Crippen LogP contribution in [0.4, 0.5) is 0 Å². The summed E-state index contributed by atoms with van der Waals surface area (Å²) in [7, 11) is 0. The standard InChI is InChI=1S/C13H21NO7/c15-8-10(16)9-20-7-3-1-2-4-13(19)21-14-11(17)5-6-12(14)18/h10,15-16H,1-9H2. The highest BCUT2D eigenvalue weighted by Crippen LogP contribution is 2.13. The Labute approximate surface area is 122 Å². The van der Waals surface area contributed by atoms with Crippen LogP contribution in [0, 0.1) is 0 Å². The normalized spacial score (nSPS) is 16.4. The maximum Gasteiger partial charge on any atom is 0.333 e. The van der Waals surface area contributed by atoms with Gasteiger partial charge in [-0.15, -0.1) is 5.06 Å². The second kappa shape index (κ2) is 9.43. The summed E-state index contributed by atoms with van der Waals surface area (Å²) in [6, 6.07) is 0. The first kappa shape index (κ1) is 17.5. The molecule has 2 N–H and O–H groups in total. The molecule has 0 aromatic heterocycles. The van der Waals surface area contributed by atoms with Crippen molar-refractivity contribution in [2.45, 2.75) is 44.6 Å². The van der Waals surface area contributed by atoms with E-state index < -0.39 is 23.9 Å². The third-order valence-corrected chi connectivity index (χ3v) is 2.89. The molecule has 0 aromatic carbocycles. The zero-order chi connectivity index (χ0) is 15.7. The zero-order valence-corrected chi connectivity index (χ0v) is 11.8. The number of hydrogen-bond acceptors (Lipinski definition) is 7. The fourth-order valence-corrected chi connectivity index (χ4v) is 1.73. The minimum atomic E-state index is -0.865. The molecule has 120 valence electrons. The van der Waals surface area contributed by atoms with Crippen LogP contribution in [-0.2, 0) is 24.0 Å². The zero-order valence-electron chi connectivity index (χ0n) is 11.8. The summed E-state index contributed by atoms with van der Waals surface area (Å²) in [6.45, 7) is 0.173. The van der Waals surface area contributed by atoms with Gasteiger partial charge in [0.15, 0.2) is 0 Å². The molecule has 1 fully saturated rings. The molecule has 1 saturated heterocycles. The number of ether oxygens (including phenoxy) is 1. The number of amides is 2. The van der Waals surface area contributed by atoms with Gasteiger partial charge in [-0.05, 0) is 12.8 Å². The fourth-order valence-electron chi connectivity index (χ4n) is 1.73. The molecule has 0 aromatic rings. The summed E-state index contributed by atoms with van der Waals surface area (Å²) < 4.78 is 5.11. The molecular formula is C13H21NO7. The molecule has 0 aliphatic carbocycles. The Morgan fingerprint density at radius 1 is 1.19 bits per heavy atom. The maximum absolute atomic E-state index is 11.4. The van der Waals surface area contributed by atoms with Gasteiger partial charge in [0.2, 0.25) is 0 Å². The Morgan fingerprint density at radius 2 is 1.86 bits per heavy atom. The summed E-state index contributed by atoms with van der Waals surface area (Å²) in [5, 5.41) is 18.1. The molecule has 21 heavy (non-hydrogen) atoms. The first-order valence-corrected chi connectivity index (χ1v) is 6.98.